The first kappa shape index (κ1) is 15.6. The SMILES string of the molecule is CC(C)C1CCCCC1Nc1cc(Cl)ccc1C(N)=S. The summed E-state index contributed by atoms with van der Waals surface area (Å²) < 4.78 is 0. The van der Waals surface area contributed by atoms with E-state index in [9.17, 15) is 0 Å². The molecule has 1 saturated carbocycles. The number of anilines is 1. The fourth-order valence-corrected chi connectivity index (χ4v) is 3.54. The first-order valence-corrected chi connectivity index (χ1v) is 8.13. The molecule has 0 heterocycles. The summed E-state index contributed by atoms with van der Waals surface area (Å²) in [5, 5.41) is 4.36. The standard InChI is InChI=1S/C16H23ClN2S/c1-10(2)12-5-3-4-6-14(12)19-15-9-11(17)7-8-13(15)16(18)20/h7-10,12,14,19H,3-6H2,1-2H3,(H2,18,20). The van der Waals surface area contributed by atoms with E-state index >= 15 is 0 Å². The van der Waals surface area contributed by atoms with Crippen LogP contribution in [0.3, 0.4) is 0 Å². The molecule has 2 rings (SSSR count). The lowest BCUT2D eigenvalue weighted by Crippen LogP contribution is -2.35. The van der Waals surface area contributed by atoms with Gasteiger partial charge in [0, 0.05) is 22.3 Å². The zero-order chi connectivity index (χ0) is 14.7. The van der Waals surface area contributed by atoms with E-state index in [2.05, 4.69) is 19.2 Å². The summed E-state index contributed by atoms with van der Waals surface area (Å²) in [5.74, 6) is 1.38. The molecule has 0 amide bonds. The van der Waals surface area contributed by atoms with Crippen LogP contribution in [0.4, 0.5) is 5.69 Å². The van der Waals surface area contributed by atoms with Gasteiger partial charge in [0.05, 0.1) is 0 Å². The van der Waals surface area contributed by atoms with Gasteiger partial charge in [0.25, 0.3) is 0 Å². The molecule has 0 saturated heterocycles. The van der Waals surface area contributed by atoms with Crippen LogP contribution in [-0.2, 0) is 0 Å². The Kier molecular flexibility index (Phi) is 5.28. The van der Waals surface area contributed by atoms with Gasteiger partial charge in [-0.1, -0.05) is 50.5 Å². The quantitative estimate of drug-likeness (QED) is 0.798. The maximum atomic E-state index is 6.11. The Morgan fingerprint density at radius 2 is 2.05 bits per heavy atom. The third-order valence-electron chi connectivity index (χ3n) is 4.26. The second kappa shape index (κ2) is 6.77. The lowest BCUT2D eigenvalue weighted by Gasteiger charge is -2.36. The van der Waals surface area contributed by atoms with Gasteiger partial charge in [-0.3, -0.25) is 0 Å². The summed E-state index contributed by atoms with van der Waals surface area (Å²) in [7, 11) is 0. The number of benzene rings is 1. The number of hydrogen-bond donors (Lipinski definition) is 2. The number of nitrogens with two attached hydrogens (primary N) is 1. The second-order valence-electron chi connectivity index (χ2n) is 6.00. The van der Waals surface area contributed by atoms with Crippen LogP contribution < -0.4 is 11.1 Å². The highest BCUT2D eigenvalue weighted by Gasteiger charge is 2.28. The van der Waals surface area contributed by atoms with Crippen LogP contribution in [-0.4, -0.2) is 11.0 Å². The zero-order valence-corrected chi connectivity index (χ0v) is 13.7. The van der Waals surface area contributed by atoms with Crippen molar-refractivity contribution in [2.45, 2.75) is 45.6 Å². The Morgan fingerprint density at radius 1 is 1.35 bits per heavy atom. The van der Waals surface area contributed by atoms with E-state index in [4.69, 9.17) is 29.6 Å². The molecular formula is C16H23ClN2S. The molecule has 1 aliphatic carbocycles. The summed E-state index contributed by atoms with van der Waals surface area (Å²) in [5.41, 5.74) is 7.67. The van der Waals surface area contributed by atoms with Crippen molar-refractivity contribution < 1.29 is 0 Å². The summed E-state index contributed by atoms with van der Waals surface area (Å²) >= 11 is 11.3. The molecule has 0 bridgehead atoms. The highest BCUT2D eigenvalue weighted by Crippen LogP contribution is 2.33. The monoisotopic (exact) mass is 310 g/mol. The molecule has 2 unspecified atom stereocenters. The van der Waals surface area contributed by atoms with Gasteiger partial charge < -0.3 is 11.1 Å². The summed E-state index contributed by atoms with van der Waals surface area (Å²) in [6.45, 7) is 4.61. The molecule has 1 aliphatic rings. The fraction of sp³-hybridized carbons (Fsp3) is 0.562. The summed E-state index contributed by atoms with van der Waals surface area (Å²) in [6.07, 6.45) is 5.10. The maximum Gasteiger partial charge on any atom is 0.106 e. The summed E-state index contributed by atoms with van der Waals surface area (Å²) in [6, 6.07) is 6.15. The zero-order valence-electron chi connectivity index (χ0n) is 12.2. The predicted molar refractivity (Wildman–Crippen MR) is 91.5 cm³/mol. The van der Waals surface area contributed by atoms with Crippen molar-refractivity contribution in [1.82, 2.24) is 0 Å². The van der Waals surface area contributed by atoms with Crippen molar-refractivity contribution in [3.8, 4) is 0 Å². The largest absolute Gasteiger partial charge is 0.389 e. The van der Waals surface area contributed by atoms with Crippen LogP contribution in [0.2, 0.25) is 5.02 Å². The van der Waals surface area contributed by atoms with Crippen molar-refractivity contribution in [1.29, 1.82) is 0 Å². The third kappa shape index (κ3) is 3.64. The van der Waals surface area contributed by atoms with E-state index in [1.165, 1.54) is 25.7 Å². The number of rotatable bonds is 4. The molecule has 2 nitrogen and oxygen atoms in total. The number of thiocarbonyl (C=S) groups is 1. The molecule has 1 aromatic rings. The molecule has 1 fully saturated rings. The summed E-state index contributed by atoms with van der Waals surface area (Å²) in [4.78, 5) is 0.418. The van der Waals surface area contributed by atoms with E-state index in [-0.39, 0.29) is 0 Å². The average Bonchev–Trinajstić information content (AvgIpc) is 2.38. The minimum atomic E-state index is 0.418. The highest BCUT2D eigenvalue weighted by molar-refractivity contribution is 7.80. The van der Waals surface area contributed by atoms with Gasteiger partial charge in [0.2, 0.25) is 0 Å². The van der Waals surface area contributed by atoms with Crippen molar-refractivity contribution in [3.63, 3.8) is 0 Å². The Bertz CT molecular complexity index is 487. The Labute approximate surface area is 132 Å². The van der Waals surface area contributed by atoms with Gasteiger partial charge in [-0.15, -0.1) is 0 Å². The molecule has 110 valence electrons. The lowest BCUT2D eigenvalue weighted by molar-refractivity contribution is 0.254. The van der Waals surface area contributed by atoms with Crippen LogP contribution >= 0.6 is 23.8 Å². The number of hydrogen-bond acceptors (Lipinski definition) is 2. The van der Waals surface area contributed by atoms with Gasteiger partial charge in [-0.2, -0.15) is 0 Å². The molecule has 1 aromatic carbocycles. The molecule has 20 heavy (non-hydrogen) atoms. The van der Waals surface area contributed by atoms with Crippen molar-refractivity contribution in [2.75, 3.05) is 5.32 Å². The number of halogens is 1. The highest BCUT2D eigenvalue weighted by atomic mass is 35.5. The first-order valence-electron chi connectivity index (χ1n) is 7.35. The molecule has 0 radical (unpaired) electrons. The van der Waals surface area contributed by atoms with Crippen LogP contribution in [0.1, 0.15) is 45.1 Å². The molecule has 4 heteroatoms. The van der Waals surface area contributed by atoms with E-state index in [1.54, 1.807) is 0 Å². The molecular weight excluding hydrogens is 288 g/mol. The Morgan fingerprint density at radius 3 is 2.70 bits per heavy atom. The molecule has 2 atom stereocenters. The van der Waals surface area contributed by atoms with E-state index < -0.39 is 0 Å². The van der Waals surface area contributed by atoms with Gasteiger partial charge in [-0.05, 0) is 42.9 Å². The lowest BCUT2D eigenvalue weighted by atomic mass is 9.77. The molecule has 0 aromatic heterocycles. The second-order valence-corrected chi connectivity index (χ2v) is 6.87. The maximum absolute atomic E-state index is 6.11. The minimum Gasteiger partial charge on any atom is -0.389 e. The average molecular weight is 311 g/mol. The van der Waals surface area contributed by atoms with E-state index in [1.807, 2.05) is 18.2 Å². The van der Waals surface area contributed by atoms with Gasteiger partial charge in [-0.25, -0.2) is 0 Å². The Hall–Kier alpha value is -0.800. The van der Waals surface area contributed by atoms with E-state index in [0.29, 0.717) is 27.9 Å². The van der Waals surface area contributed by atoms with Gasteiger partial charge in [0.15, 0.2) is 0 Å². The molecule has 0 aliphatic heterocycles. The Balaban J connectivity index is 2.23. The van der Waals surface area contributed by atoms with Crippen molar-refractivity contribution in [2.24, 2.45) is 17.6 Å². The normalized spacial score (nSPS) is 22.8. The van der Waals surface area contributed by atoms with Crippen LogP contribution in [0, 0.1) is 11.8 Å². The predicted octanol–water partition coefficient (Wildman–Crippen LogP) is 4.60. The van der Waals surface area contributed by atoms with Crippen LogP contribution in [0.5, 0.6) is 0 Å². The smallest absolute Gasteiger partial charge is 0.106 e. The van der Waals surface area contributed by atoms with Gasteiger partial charge in [0.1, 0.15) is 4.99 Å². The molecule has 3 N–H and O–H groups in total. The topological polar surface area (TPSA) is 38.0 Å². The molecule has 0 spiro atoms. The fourth-order valence-electron chi connectivity index (χ4n) is 3.19. The van der Waals surface area contributed by atoms with E-state index in [0.717, 1.165) is 11.3 Å². The van der Waals surface area contributed by atoms with Crippen LogP contribution in [0.15, 0.2) is 18.2 Å². The van der Waals surface area contributed by atoms with Crippen molar-refractivity contribution in [3.05, 3.63) is 28.8 Å². The van der Waals surface area contributed by atoms with Crippen molar-refractivity contribution >= 4 is 34.5 Å². The minimum absolute atomic E-state index is 0.418. The third-order valence-corrected chi connectivity index (χ3v) is 4.72. The van der Waals surface area contributed by atoms with Crippen LogP contribution in [0.25, 0.3) is 0 Å². The number of nitrogens with one attached hydrogen (secondary N) is 1. The van der Waals surface area contributed by atoms with Gasteiger partial charge >= 0.3 is 0 Å². The first-order chi connectivity index (χ1) is 9.49.